The predicted molar refractivity (Wildman–Crippen MR) is 106 cm³/mol. The van der Waals surface area contributed by atoms with Crippen molar-refractivity contribution in [3.05, 3.63) is 54.1 Å². The molecule has 0 bridgehead atoms. The molecule has 1 saturated heterocycles. The molecule has 0 unspecified atom stereocenters. The van der Waals surface area contributed by atoms with Crippen LogP contribution in [0, 0.1) is 0 Å². The van der Waals surface area contributed by atoms with Crippen molar-refractivity contribution in [2.45, 2.75) is 31.5 Å². The fourth-order valence-electron chi connectivity index (χ4n) is 3.39. The van der Waals surface area contributed by atoms with Crippen molar-refractivity contribution in [1.82, 2.24) is 5.32 Å². The summed E-state index contributed by atoms with van der Waals surface area (Å²) in [7, 11) is 0. The third kappa shape index (κ3) is 4.43. The SMILES string of the molecule is O=C(NC[C@H]1Cc2ccccc2O1)Nc1ccc(NC(=O)[C@H]2CCCO2)cc1. The molecule has 2 aromatic carbocycles. The van der Waals surface area contributed by atoms with Gasteiger partial charge in [0.25, 0.3) is 5.91 Å². The molecule has 0 aromatic heterocycles. The van der Waals surface area contributed by atoms with E-state index in [0.717, 1.165) is 30.6 Å². The van der Waals surface area contributed by atoms with Crippen LogP contribution in [0.4, 0.5) is 16.2 Å². The maximum absolute atomic E-state index is 12.1. The third-order valence-electron chi connectivity index (χ3n) is 4.84. The summed E-state index contributed by atoms with van der Waals surface area (Å²) in [6, 6.07) is 14.6. The average Bonchev–Trinajstić information content (AvgIpc) is 3.37. The van der Waals surface area contributed by atoms with Crippen molar-refractivity contribution < 1.29 is 19.1 Å². The van der Waals surface area contributed by atoms with Gasteiger partial charge in [0.1, 0.15) is 18.0 Å². The molecule has 4 rings (SSSR count). The van der Waals surface area contributed by atoms with Crippen molar-refractivity contribution in [3.63, 3.8) is 0 Å². The lowest BCUT2D eigenvalue weighted by molar-refractivity contribution is -0.124. The molecular formula is C21H23N3O4. The molecular weight excluding hydrogens is 358 g/mol. The van der Waals surface area contributed by atoms with Gasteiger partial charge < -0.3 is 25.4 Å². The number of nitrogens with one attached hydrogen (secondary N) is 3. The molecule has 0 aliphatic carbocycles. The van der Waals surface area contributed by atoms with Crippen LogP contribution in [0.5, 0.6) is 5.75 Å². The molecule has 146 valence electrons. The van der Waals surface area contributed by atoms with Crippen molar-refractivity contribution >= 4 is 23.3 Å². The number of rotatable bonds is 5. The second-order valence-corrected chi connectivity index (χ2v) is 6.95. The molecule has 0 saturated carbocycles. The summed E-state index contributed by atoms with van der Waals surface area (Å²) >= 11 is 0. The number of para-hydroxylation sites is 1. The Morgan fingerprint density at radius 1 is 1.00 bits per heavy atom. The first-order valence-corrected chi connectivity index (χ1v) is 9.49. The Kier molecular flexibility index (Phi) is 5.43. The number of hydrogen-bond donors (Lipinski definition) is 3. The first kappa shape index (κ1) is 18.3. The molecule has 3 amide bonds. The Bertz CT molecular complexity index is 822. The lowest BCUT2D eigenvalue weighted by Gasteiger charge is -2.13. The lowest BCUT2D eigenvalue weighted by atomic mass is 10.1. The number of amides is 3. The van der Waals surface area contributed by atoms with Gasteiger partial charge in [-0.25, -0.2) is 4.79 Å². The van der Waals surface area contributed by atoms with E-state index >= 15 is 0 Å². The Morgan fingerprint density at radius 3 is 2.46 bits per heavy atom. The van der Waals surface area contributed by atoms with Gasteiger partial charge in [0.15, 0.2) is 0 Å². The van der Waals surface area contributed by atoms with E-state index in [9.17, 15) is 9.59 Å². The third-order valence-corrected chi connectivity index (χ3v) is 4.84. The first-order chi connectivity index (χ1) is 13.7. The molecule has 1 fully saturated rings. The number of carbonyl (C=O) groups excluding carboxylic acids is 2. The lowest BCUT2D eigenvalue weighted by Crippen LogP contribution is -2.37. The van der Waals surface area contributed by atoms with Crippen LogP contribution in [0.1, 0.15) is 18.4 Å². The molecule has 2 aromatic rings. The largest absolute Gasteiger partial charge is 0.488 e. The zero-order valence-corrected chi connectivity index (χ0v) is 15.4. The molecule has 0 spiro atoms. The zero-order chi connectivity index (χ0) is 19.3. The topological polar surface area (TPSA) is 88.7 Å². The standard InChI is InChI=1S/C21H23N3O4/c25-20(19-6-3-11-27-19)23-15-7-9-16(10-8-15)24-21(26)22-13-17-12-14-4-1-2-5-18(14)28-17/h1-2,4-5,7-10,17,19H,3,6,11-13H2,(H,23,25)(H2,22,24,26)/t17-,19-/m1/s1. The van der Waals surface area contributed by atoms with Gasteiger partial charge in [0.2, 0.25) is 0 Å². The number of urea groups is 1. The molecule has 2 aliphatic heterocycles. The second kappa shape index (κ2) is 8.31. The highest BCUT2D eigenvalue weighted by molar-refractivity contribution is 5.95. The maximum Gasteiger partial charge on any atom is 0.319 e. The van der Waals surface area contributed by atoms with Crippen LogP contribution in [0.3, 0.4) is 0 Å². The number of anilines is 2. The summed E-state index contributed by atoms with van der Waals surface area (Å²) in [5.41, 5.74) is 2.47. The highest BCUT2D eigenvalue weighted by Crippen LogP contribution is 2.27. The molecule has 2 heterocycles. The van der Waals surface area contributed by atoms with E-state index in [1.807, 2.05) is 24.3 Å². The summed E-state index contributed by atoms with van der Waals surface area (Å²) < 4.78 is 11.2. The van der Waals surface area contributed by atoms with Crippen LogP contribution in [0.2, 0.25) is 0 Å². The van der Waals surface area contributed by atoms with E-state index in [0.29, 0.717) is 24.5 Å². The van der Waals surface area contributed by atoms with Crippen LogP contribution in [-0.2, 0) is 16.0 Å². The van der Waals surface area contributed by atoms with Crippen molar-refractivity contribution in [1.29, 1.82) is 0 Å². The van der Waals surface area contributed by atoms with Crippen molar-refractivity contribution in [2.24, 2.45) is 0 Å². The Hall–Kier alpha value is -3.06. The average molecular weight is 381 g/mol. The molecule has 7 heteroatoms. The molecule has 0 radical (unpaired) electrons. The van der Waals surface area contributed by atoms with Crippen LogP contribution in [0.25, 0.3) is 0 Å². The summed E-state index contributed by atoms with van der Waals surface area (Å²) in [6.45, 7) is 1.06. The number of hydrogen-bond acceptors (Lipinski definition) is 4. The van der Waals surface area contributed by atoms with E-state index in [1.54, 1.807) is 24.3 Å². The van der Waals surface area contributed by atoms with E-state index < -0.39 is 0 Å². The Labute approximate surface area is 163 Å². The van der Waals surface area contributed by atoms with Crippen LogP contribution in [0.15, 0.2) is 48.5 Å². The number of fused-ring (bicyclic) bond motifs is 1. The van der Waals surface area contributed by atoms with E-state index in [1.165, 1.54) is 0 Å². The summed E-state index contributed by atoms with van der Waals surface area (Å²) in [5.74, 6) is 0.754. The van der Waals surface area contributed by atoms with E-state index in [4.69, 9.17) is 9.47 Å². The molecule has 7 nitrogen and oxygen atoms in total. The highest BCUT2D eigenvalue weighted by atomic mass is 16.5. The smallest absolute Gasteiger partial charge is 0.319 e. The minimum atomic E-state index is -0.368. The van der Waals surface area contributed by atoms with Gasteiger partial charge in [0, 0.05) is 24.4 Å². The second-order valence-electron chi connectivity index (χ2n) is 6.95. The van der Waals surface area contributed by atoms with Crippen molar-refractivity contribution in [2.75, 3.05) is 23.8 Å². The van der Waals surface area contributed by atoms with Gasteiger partial charge in [0.05, 0.1) is 6.54 Å². The summed E-state index contributed by atoms with van der Waals surface area (Å²) in [4.78, 5) is 24.2. The van der Waals surface area contributed by atoms with Gasteiger partial charge >= 0.3 is 6.03 Å². The number of benzene rings is 2. The van der Waals surface area contributed by atoms with E-state index in [-0.39, 0.29) is 24.1 Å². The van der Waals surface area contributed by atoms with Crippen molar-refractivity contribution in [3.8, 4) is 5.75 Å². The molecule has 3 N–H and O–H groups in total. The number of ether oxygens (including phenoxy) is 2. The predicted octanol–water partition coefficient (Wildman–Crippen LogP) is 2.93. The van der Waals surface area contributed by atoms with Gasteiger partial charge in [-0.05, 0) is 48.7 Å². The number of carbonyl (C=O) groups is 2. The normalized spacial score (nSPS) is 20.1. The van der Waals surface area contributed by atoms with Crippen LogP contribution in [-0.4, -0.2) is 37.3 Å². The Balaban J connectivity index is 1.22. The zero-order valence-electron chi connectivity index (χ0n) is 15.4. The fraction of sp³-hybridized carbons (Fsp3) is 0.333. The summed E-state index contributed by atoms with van der Waals surface area (Å²) in [5, 5.41) is 8.44. The maximum atomic E-state index is 12.1. The molecule has 28 heavy (non-hydrogen) atoms. The quantitative estimate of drug-likeness (QED) is 0.743. The monoisotopic (exact) mass is 381 g/mol. The van der Waals surface area contributed by atoms with Crippen LogP contribution < -0.4 is 20.7 Å². The first-order valence-electron chi connectivity index (χ1n) is 9.49. The van der Waals surface area contributed by atoms with Gasteiger partial charge in [-0.1, -0.05) is 18.2 Å². The highest BCUT2D eigenvalue weighted by Gasteiger charge is 2.24. The Morgan fingerprint density at radius 2 is 1.75 bits per heavy atom. The summed E-state index contributed by atoms with van der Waals surface area (Å²) in [6.07, 6.45) is 2.02. The molecule has 2 aliphatic rings. The van der Waals surface area contributed by atoms with Gasteiger partial charge in [-0.15, -0.1) is 0 Å². The van der Waals surface area contributed by atoms with Gasteiger partial charge in [-0.2, -0.15) is 0 Å². The molecule has 2 atom stereocenters. The van der Waals surface area contributed by atoms with E-state index in [2.05, 4.69) is 16.0 Å². The minimum absolute atomic E-state index is 0.0569. The minimum Gasteiger partial charge on any atom is -0.488 e. The van der Waals surface area contributed by atoms with Gasteiger partial charge in [-0.3, -0.25) is 4.79 Å². The fourth-order valence-corrected chi connectivity index (χ4v) is 3.39. The van der Waals surface area contributed by atoms with Crippen LogP contribution >= 0.6 is 0 Å².